The summed E-state index contributed by atoms with van der Waals surface area (Å²) in [7, 11) is 0. The van der Waals surface area contributed by atoms with Gasteiger partial charge in [0.1, 0.15) is 0 Å². The van der Waals surface area contributed by atoms with E-state index in [1.165, 1.54) is 11.8 Å². The van der Waals surface area contributed by atoms with Crippen LogP contribution in [-0.2, 0) is 12.2 Å². The third kappa shape index (κ3) is 3.57. The molecule has 0 fully saturated rings. The number of hydrogen-bond acceptors (Lipinski definition) is 5. The van der Waals surface area contributed by atoms with E-state index >= 15 is 0 Å². The summed E-state index contributed by atoms with van der Waals surface area (Å²) < 4.78 is 5.23. The molecular weight excluding hydrogens is 308 g/mol. The second-order valence-electron chi connectivity index (χ2n) is 4.70. The van der Waals surface area contributed by atoms with Crippen LogP contribution in [0.15, 0.2) is 27.9 Å². The normalized spacial score (nSPS) is 11.3. The standard InChI is InChI=1S/C14H15ClN4OS/c1-2-3-4-12-18-13(20-19-12)8-21-14-16-10-6-5-9(15)7-11(10)17-14/h5-7H,2-4,8H2,1H3,(H,16,17). The van der Waals surface area contributed by atoms with Gasteiger partial charge in [0.05, 0.1) is 16.8 Å². The third-order valence-corrected chi connectivity index (χ3v) is 4.11. The Morgan fingerprint density at radius 3 is 3.10 bits per heavy atom. The van der Waals surface area contributed by atoms with Crippen molar-refractivity contribution in [3.05, 3.63) is 34.9 Å². The lowest BCUT2D eigenvalue weighted by Gasteiger charge is -1.91. The van der Waals surface area contributed by atoms with E-state index in [-0.39, 0.29) is 0 Å². The van der Waals surface area contributed by atoms with E-state index in [9.17, 15) is 0 Å². The number of nitrogens with one attached hydrogen (secondary N) is 1. The lowest BCUT2D eigenvalue weighted by molar-refractivity contribution is 0.384. The van der Waals surface area contributed by atoms with Gasteiger partial charge in [-0.25, -0.2) is 4.98 Å². The van der Waals surface area contributed by atoms with Gasteiger partial charge in [0.15, 0.2) is 11.0 Å². The molecule has 3 aromatic rings. The molecule has 5 nitrogen and oxygen atoms in total. The second-order valence-corrected chi connectivity index (χ2v) is 6.10. The second kappa shape index (κ2) is 6.49. The van der Waals surface area contributed by atoms with E-state index in [1.807, 2.05) is 18.2 Å². The number of aromatic amines is 1. The summed E-state index contributed by atoms with van der Waals surface area (Å²) in [5.74, 6) is 2.01. The fourth-order valence-electron chi connectivity index (χ4n) is 1.94. The first-order chi connectivity index (χ1) is 10.2. The van der Waals surface area contributed by atoms with Gasteiger partial charge >= 0.3 is 0 Å². The zero-order valence-corrected chi connectivity index (χ0v) is 13.2. The monoisotopic (exact) mass is 322 g/mol. The summed E-state index contributed by atoms with van der Waals surface area (Å²) in [5.41, 5.74) is 1.83. The molecule has 0 amide bonds. The Balaban J connectivity index is 1.64. The molecule has 7 heteroatoms. The van der Waals surface area contributed by atoms with E-state index < -0.39 is 0 Å². The summed E-state index contributed by atoms with van der Waals surface area (Å²) in [5, 5.41) is 5.49. The highest BCUT2D eigenvalue weighted by atomic mass is 35.5. The third-order valence-electron chi connectivity index (χ3n) is 3.02. The van der Waals surface area contributed by atoms with Crippen LogP contribution >= 0.6 is 23.4 Å². The predicted molar refractivity (Wildman–Crippen MR) is 83.6 cm³/mol. The quantitative estimate of drug-likeness (QED) is 0.688. The highest BCUT2D eigenvalue weighted by Crippen LogP contribution is 2.24. The zero-order chi connectivity index (χ0) is 14.7. The molecule has 0 bridgehead atoms. The molecule has 0 aliphatic heterocycles. The number of halogens is 1. The maximum atomic E-state index is 5.96. The molecule has 1 aromatic carbocycles. The minimum absolute atomic E-state index is 0.604. The SMILES string of the molecule is CCCCc1noc(CSc2nc3ccc(Cl)cc3[nH]2)n1. The number of aromatic nitrogens is 4. The molecular formula is C14H15ClN4OS. The minimum Gasteiger partial charge on any atom is -0.338 e. The number of H-pyrrole nitrogens is 1. The van der Waals surface area contributed by atoms with E-state index in [4.69, 9.17) is 16.1 Å². The van der Waals surface area contributed by atoms with E-state index in [2.05, 4.69) is 27.0 Å². The van der Waals surface area contributed by atoms with Crippen LogP contribution < -0.4 is 0 Å². The number of aryl methyl sites for hydroxylation is 1. The van der Waals surface area contributed by atoms with Gasteiger partial charge in [-0.2, -0.15) is 4.98 Å². The van der Waals surface area contributed by atoms with Gasteiger partial charge < -0.3 is 9.51 Å². The van der Waals surface area contributed by atoms with Crippen molar-refractivity contribution in [1.82, 2.24) is 20.1 Å². The van der Waals surface area contributed by atoms with Gasteiger partial charge in [0.25, 0.3) is 0 Å². The fourth-order valence-corrected chi connectivity index (χ4v) is 2.84. The first-order valence-corrected chi connectivity index (χ1v) is 8.20. The highest BCUT2D eigenvalue weighted by Gasteiger charge is 2.09. The molecule has 2 heterocycles. The number of imidazole rings is 1. The molecule has 0 unspecified atom stereocenters. The summed E-state index contributed by atoms with van der Waals surface area (Å²) >= 11 is 7.49. The minimum atomic E-state index is 0.604. The van der Waals surface area contributed by atoms with Crippen molar-refractivity contribution in [2.45, 2.75) is 37.1 Å². The van der Waals surface area contributed by atoms with Crippen LogP contribution in [0.25, 0.3) is 11.0 Å². The Labute approximate surface area is 131 Å². The predicted octanol–water partition coefficient (Wildman–Crippen LogP) is 4.23. The largest absolute Gasteiger partial charge is 0.338 e. The number of fused-ring (bicyclic) bond motifs is 1. The van der Waals surface area contributed by atoms with Crippen LogP contribution in [0.3, 0.4) is 0 Å². The van der Waals surface area contributed by atoms with Crippen molar-refractivity contribution in [3.8, 4) is 0 Å². The average molecular weight is 323 g/mol. The van der Waals surface area contributed by atoms with Crippen molar-refractivity contribution >= 4 is 34.4 Å². The summed E-state index contributed by atoms with van der Waals surface area (Å²) in [4.78, 5) is 12.1. The Kier molecular flexibility index (Phi) is 4.45. The topological polar surface area (TPSA) is 67.6 Å². The van der Waals surface area contributed by atoms with E-state index in [0.29, 0.717) is 16.7 Å². The smallest absolute Gasteiger partial charge is 0.237 e. The number of unbranched alkanes of at least 4 members (excludes halogenated alkanes) is 1. The average Bonchev–Trinajstić information content (AvgIpc) is 3.08. The van der Waals surface area contributed by atoms with Crippen molar-refractivity contribution in [2.75, 3.05) is 0 Å². The van der Waals surface area contributed by atoms with Gasteiger partial charge in [-0.15, -0.1) is 0 Å². The van der Waals surface area contributed by atoms with Crippen molar-refractivity contribution in [3.63, 3.8) is 0 Å². The van der Waals surface area contributed by atoms with Crippen LogP contribution in [0, 0.1) is 0 Å². The Morgan fingerprint density at radius 1 is 1.33 bits per heavy atom. The van der Waals surface area contributed by atoms with Gasteiger partial charge in [0.2, 0.25) is 5.89 Å². The molecule has 0 spiro atoms. The van der Waals surface area contributed by atoms with Gasteiger partial charge in [-0.05, 0) is 24.6 Å². The van der Waals surface area contributed by atoms with E-state index in [1.54, 1.807) is 0 Å². The number of hydrogen-bond donors (Lipinski definition) is 1. The number of rotatable bonds is 6. The molecule has 0 saturated heterocycles. The summed E-state index contributed by atoms with van der Waals surface area (Å²) in [6.07, 6.45) is 3.07. The van der Waals surface area contributed by atoms with E-state index in [0.717, 1.165) is 41.3 Å². The molecule has 110 valence electrons. The molecule has 1 N–H and O–H groups in total. The molecule has 0 radical (unpaired) electrons. The van der Waals surface area contributed by atoms with Crippen LogP contribution in [0.4, 0.5) is 0 Å². The van der Waals surface area contributed by atoms with Crippen LogP contribution in [-0.4, -0.2) is 20.1 Å². The van der Waals surface area contributed by atoms with Crippen molar-refractivity contribution < 1.29 is 4.52 Å². The molecule has 0 saturated carbocycles. The van der Waals surface area contributed by atoms with Crippen molar-refractivity contribution in [1.29, 1.82) is 0 Å². The van der Waals surface area contributed by atoms with Gasteiger partial charge in [-0.1, -0.05) is 41.9 Å². The highest BCUT2D eigenvalue weighted by molar-refractivity contribution is 7.98. The fraction of sp³-hybridized carbons (Fsp3) is 0.357. The van der Waals surface area contributed by atoms with Gasteiger partial charge in [0, 0.05) is 11.4 Å². The lowest BCUT2D eigenvalue weighted by atomic mass is 10.2. The number of benzene rings is 1. The number of thioether (sulfide) groups is 1. The Hall–Kier alpha value is -1.53. The summed E-state index contributed by atoms with van der Waals surface area (Å²) in [6.45, 7) is 2.14. The van der Waals surface area contributed by atoms with Crippen LogP contribution in [0.5, 0.6) is 0 Å². The first-order valence-electron chi connectivity index (χ1n) is 6.84. The first kappa shape index (κ1) is 14.4. The molecule has 2 aromatic heterocycles. The summed E-state index contributed by atoms with van der Waals surface area (Å²) in [6, 6.07) is 5.59. The lowest BCUT2D eigenvalue weighted by Crippen LogP contribution is -1.88. The Morgan fingerprint density at radius 2 is 2.24 bits per heavy atom. The molecule has 0 atom stereocenters. The van der Waals surface area contributed by atoms with Gasteiger partial charge in [-0.3, -0.25) is 0 Å². The maximum Gasteiger partial charge on any atom is 0.237 e. The van der Waals surface area contributed by atoms with Crippen LogP contribution in [0.1, 0.15) is 31.5 Å². The Bertz CT molecular complexity index is 739. The van der Waals surface area contributed by atoms with Crippen LogP contribution in [0.2, 0.25) is 5.02 Å². The zero-order valence-electron chi connectivity index (χ0n) is 11.6. The molecule has 0 aliphatic carbocycles. The van der Waals surface area contributed by atoms with Crippen molar-refractivity contribution in [2.24, 2.45) is 0 Å². The molecule has 0 aliphatic rings. The molecule has 21 heavy (non-hydrogen) atoms. The maximum absolute atomic E-state index is 5.96. The molecule has 3 rings (SSSR count). The number of nitrogens with zero attached hydrogens (tertiary/aromatic N) is 3.